The van der Waals surface area contributed by atoms with Crippen molar-refractivity contribution in [2.75, 3.05) is 33.4 Å². The minimum absolute atomic E-state index is 0.784. The van der Waals surface area contributed by atoms with Crippen LogP contribution in [0.5, 0.6) is 0 Å². The summed E-state index contributed by atoms with van der Waals surface area (Å²) >= 11 is 5.98. The van der Waals surface area contributed by atoms with E-state index >= 15 is 0 Å². The first-order valence-corrected chi connectivity index (χ1v) is 8.42. The van der Waals surface area contributed by atoms with Crippen LogP contribution in [0.4, 0.5) is 0 Å². The van der Waals surface area contributed by atoms with Crippen LogP contribution in [0.2, 0.25) is 5.02 Å². The summed E-state index contributed by atoms with van der Waals surface area (Å²) in [6, 6.07) is 7.95. The highest BCUT2D eigenvalue weighted by atomic mass is 35.5. The fraction of sp³-hybridized carbons (Fsp3) is 0.588. The van der Waals surface area contributed by atoms with E-state index < -0.39 is 0 Å². The van der Waals surface area contributed by atoms with Crippen molar-refractivity contribution >= 4 is 17.6 Å². The van der Waals surface area contributed by atoms with E-state index in [1.165, 1.54) is 18.4 Å². The number of halogens is 1. The largest absolute Gasteiger partial charge is 0.381 e. The molecular formula is C17H26ClN3O. The Morgan fingerprint density at radius 3 is 2.86 bits per heavy atom. The van der Waals surface area contributed by atoms with Crippen molar-refractivity contribution in [1.82, 2.24) is 10.6 Å². The molecule has 0 radical (unpaired) electrons. The zero-order valence-electron chi connectivity index (χ0n) is 13.3. The van der Waals surface area contributed by atoms with Gasteiger partial charge in [-0.1, -0.05) is 23.7 Å². The van der Waals surface area contributed by atoms with Crippen LogP contribution in [0, 0.1) is 5.92 Å². The zero-order chi connectivity index (χ0) is 15.6. The maximum absolute atomic E-state index is 5.98. The van der Waals surface area contributed by atoms with Crippen molar-refractivity contribution in [2.45, 2.75) is 25.7 Å². The summed E-state index contributed by atoms with van der Waals surface area (Å²) < 4.78 is 5.61. The molecule has 2 N–H and O–H groups in total. The second-order valence-electron chi connectivity index (χ2n) is 5.68. The highest BCUT2D eigenvalue weighted by Gasteiger charge is 2.20. The van der Waals surface area contributed by atoms with Gasteiger partial charge in [0.2, 0.25) is 0 Å². The Balaban J connectivity index is 1.52. The van der Waals surface area contributed by atoms with Crippen LogP contribution in [0.15, 0.2) is 29.3 Å². The smallest absolute Gasteiger partial charge is 0.190 e. The molecule has 1 aromatic carbocycles. The molecule has 2 rings (SSSR count). The highest BCUT2D eigenvalue weighted by Crippen LogP contribution is 2.28. The Morgan fingerprint density at radius 1 is 1.32 bits per heavy atom. The van der Waals surface area contributed by atoms with Crippen LogP contribution in [-0.4, -0.2) is 39.3 Å². The molecule has 5 heteroatoms. The summed E-state index contributed by atoms with van der Waals surface area (Å²) in [5, 5.41) is 7.40. The van der Waals surface area contributed by atoms with Gasteiger partial charge in [0.1, 0.15) is 0 Å². The summed E-state index contributed by atoms with van der Waals surface area (Å²) in [6.45, 7) is 3.47. The van der Waals surface area contributed by atoms with Crippen LogP contribution in [-0.2, 0) is 11.2 Å². The van der Waals surface area contributed by atoms with Crippen molar-refractivity contribution in [3.63, 3.8) is 0 Å². The van der Waals surface area contributed by atoms with Crippen molar-refractivity contribution in [2.24, 2.45) is 10.9 Å². The van der Waals surface area contributed by atoms with E-state index in [9.17, 15) is 0 Å². The number of guanidine groups is 1. The summed E-state index contributed by atoms with van der Waals surface area (Å²) in [7, 11) is 1.79. The van der Waals surface area contributed by atoms with Gasteiger partial charge in [-0.05, 0) is 49.3 Å². The first kappa shape index (κ1) is 17.1. The molecule has 0 atom stereocenters. The lowest BCUT2D eigenvalue weighted by Crippen LogP contribution is -2.39. The van der Waals surface area contributed by atoms with E-state index in [1.807, 2.05) is 18.2 Å². The van der Waals surface area contributed by atoms with E-state index in [4.69, 9.17) is 16.3 Å². The molecule has 1 aromatic rings. The second kappa shape index (κ2) is 9.70. The number of aliphatic imine (C=N–C) groups is 1. The molecule has 1 aliphatic carbocycles. The van der Waals surface area contributed by atoms with Gasteiger partial charge in [-0.2, -0.15) is 0 Å². The first-order chi connectivity index (χ1) is 10.8. The summed E-state index contributed by atoms with van der Waals surface area (Å²) in [5.41, 5.74) is 1.23. The van der Waals surface area contributed by atoms with Crippen LogP contribution in [0.25, 0.3) is 0 Å². The Kier molecular flexibility index (Phi) is 7.54. The summed E-state index contributed by atoms with van der Waals surface area (Å²) in [5.74, 6) is 1.68. The molecule has 1 saturated carbocycles. The SMILES string of the molecule is CN=C(NCCCOCC1CC1)NCCc1cccc(Cl)c1. The molecule has 0 amide bonds. The van der Waals surface area contributed by atoms with E-state index in [0.717, 1.165) is 56.0 Å². The molecule has 1 aliphatic rings. The van der Waals surface area contributed by atoms with Crippen LogP contribution >= 0.6 is 11.6 Å². The number of hydrogen-bond acceptors (Lipinski definition) is 2. The summed E-state index contributed by atoms with van der Waals surface area (Å²) in [6.07, 6.45) is 4.62. The van der Waals surface area contributed by atoms with Gasteiger partial charge in [-0.15, -0.1) is 0 Å². The van der Waals surface area contributed by atoms with Gasteiger partial charge < -0.3 is 15.4 Å². The number of nitrogens with one attached hydrogen (secondary N) is 2. The maximum atomic E-state index is 5.98. The Hall–Kier alpha value is -1.26. The van der Waals surface area contributed by atoms with Gasteiger partial charge in [0.05, 0.1) is 0 Å². The second-order valence-corrected chi connectivity index (χ2v) is 6.11. The molecule has 0 bridgehead atoms. The highest BCUT2D eigenvalue weighted by molar-refractivity contribution is 6.30. The molecule has 4 nitrogen and oxygen atoms in total. The van der Waals surface area contributed by atoms with E-state index in [-0.39, 0.29) is 0 Å². The van der Waals surface area contributed by atoms with E-state index in [0.29, 0.717) is 0 Å². The molecule has 22 heavy (non-hydrogen) atoms. The van der Waals surface area contributed by atoms with Gasteiger partial charge in [0.25, 0.3) is 0 Å². The van der Waals surface area contributed by atoms with Gasteiger partial charge in [-0.3, -0.25) is 4.99 Å². The lowest BCUT2D eigenvalue weighted by Gasteiger charge is -2.12. The third-order valence-corrected chi connectivity index (χ3v) is 3.86. The van der Waals surface area contributed by atoms with Crippen molar-refractivity contribution < 1.29 is 4.74 Å². The van der Waals surface area contributed by atoms with Crippen molar-refractivity contribution in [3.05, 3.63) is 34.9 Å². The molecule has 0 saturated heterocycles. The maximum Gasteiger partial charge on any atom is 0.190 e. The number of rotatable bonds is 9. The molecular weight excluding hydrogens is 298 g/mol. The Morgan fingerprint density at radius 2 is 2.14 bits per heavy atom. The third-order valence-electron chi connectivity index (χ3n) is 3.63. The quantitative estimate of drug-likeness (QED) is 0.417. The Bertz CT molecular complexity index is 475. The van der Waals surface area contributed by atoms with E-state index in [1.54, 1.807) is 7.05 Å². The predicted molar refractivity (Wildman–Crippen MR) is 92.7 cm³/mol. The predicted octanol–water partition coefficient (Wildman–Crippen LogP) is 2.86. The average molecular weight is 324 g/mol. The Labute approximate surface area is 138 Å². The minimum Gasteiger partial charge on any atom is -0.381 e. The number of nitrogens with zero attached hydrogens (tertiary/aromatic N) is 1. The molecule has 122 valence electrons. The number of ether oxygens (including phenoxy) is 1. The first-order valence-electron chi connectivity index (χ1n) is 8.04. The molecule has 0 spiro atoms. The minimum atomic E-state index is 0.784. The molecule has 0 unspecified atom stereocenters. The summed E-state index contributed by atoms with van der Waals surface area (Å²) in [4.78, 5) is 4.22. The lowest BCUT2D eigenvalue weighted by molar-refractivity contribution is 0.123. The topological polar surface area (TPSA) is 45.7 Å². The number of hydrogen-bond donors (Lipinski definition) is 2. The molecule has 0 aromatic heterocycles. The fourth-order valence-electron chi connectivity index (χ4n) is 2.15. The van der Waals surface area contributed by atoms with Gasteiger partial charge in [-0.25, -0.2) is 0 Å². The van der Waals surface area contributed by atoms with Crippen molar-refractivity contribution in [1.29, 1.82) is 0 Å². The fourth-order valence-corrected chi connectivity index (χ4v) is 2.37. The van der Waals surface area contributed by atoms with Crippen LogP contribution < -0.4 is 10.6 Å². The van der Waals surface area contributed by atoms with Crippen LogP contribution in [0.1, 0.15) is 24.8 Å². The average Bonchev–Trinajstić information content (AvgIpc) is 3.33. The van der Waals surface area contributed by atoms with Crippen LogP contribution in [0.3, 0.4) is 0 Å². The molecule has 1 fully saturated rings. The lowest BCUT2D eigenvalue weighted by atomic mass is 10.1. The van der Waals surface area contributed by atoms with E-state index in [2.05, 4.69) is 21.7 Å². The van der Waals surface area contributed by atoms with Gasteiger partial charge in [0, 0.05) is 38.4 Å². The third kappa shape index (κ3) is 7.14. The van der Waals surface area contributed by atoms with Gasteiger partial charge in [0.15, 0.2) is 5.96 Å². The van der Waals surface area contributed by atoms with Gasteiger partial charge >= 0.3 is 0 Å². The standard InChI is InChI=1S/C17H26ClN3O/c1-19-17(20-9-3-11-22-13-15-6-7-15)21-10-8-14-4-2-5-16(18)12-14/h2,4-5,12,15H,3,6-11,13H2,1H3,(H2,19,20,21). The monoisotopic (exact) mass is 323 g/mol. The zero-order valence-corrected chi connectivity index (χ0v) is 14.0. The number of benzene rings is 1. The van der Waals surface area contributed by atoms with Crippen molar-refractivity contribution in [3.8, 4) is 0 Å². The molecule has 0 heterocycles. The molecule has 0 aliphatic heterocycles. The normalized spacial score (nSPS) is 14.9.